The number of rotatable bonds is 3. The molecule has 0 aromatic heterocycles. The van der Waals surface area contributed by atoms with Crippen LogP contribution in [0.2, 0.25) is 0 Å². The zero-order valence-electron chi connectivity index (χ0n) is 10.7. The minimum absolute atomic E-state index is 0.145. The van der Waals surface area contributed by atoms with Gasteiger partial charge in [0.25, 0.3) is 0 Å². The van der Waals surface area contributed by atoms with E-state index in [0.717, 1.165) is 13.1 Å². The van der Waals surface area contributed by atoms with Crippen LogP contribution in [0.4, 0.5) is 4.39 Å². The van der Waals surface area contributed by atoms with Crippen molar-refractivity contribution in [3.05, 3.63) is 35.1 Å². The van der Waals surface area contributed by atoms with Gasteiger partial charge in [0.1, 0.15) is 5.82 Å². The van der Waals surface area contributed by atoms with E-state index in [1.54, 1.807) is 0 Å². The van der Waals surface area contributed by atoms with Crippen LogP contribution in [0.3, 0.4) is 0 Å². The number of benzene rings is 1. The van der Waals surface area contributed by atoms with E-state index in [-0.39, 0.29) is 11.4 Å². The maximum Gasteiger partial charge on any atom is 0.335 e. The summed E-state index contributed by atoms with van der Waals surface area (Å²) in [5, 5.41) is 8.91. The number of likely N-dealkylation sites (tertiary alicyclic amines) is 1. The Kier molecular flexibility index (Phi) is 3.66. The number of carboxylic acids is 1. The molecule has 1 N–H and O–H groups in total. The van der Waals surface area contributed by atoms with Crippen molar-refractivity contribution < 1.29 is 14.3 Å². The van der Waals surface area contributed by atoms with Crippen molar-refractivity contribution in [2.45, 2.75) is 20.4 Å². The molecule has 2 unspecified atom stereocenters. The second-order valence-corrected chi connectivity index (χ2v) is 5.26. The van der Waals surface area contributed by atoms with Crippen molar-refractivity contribution in [2.75, 3.05) is 13.1 Å². The van der Waals surface area contributed by atoms with E-state index >= 15 is 0 Å². The average Bonchev–Trinajstić information content (AvgIpc) is 2.61. The van der Waals surface area contributed by atoms with Gasteiger partial charge in [0, 0.05) is 25.2 Å². The van der Waals surface area contributed by atoms with Crippen LogP contribution in [-0.2, 0) is 6.54 Å². The van der Waals surface area contributed by atoms with Gasteiger partial charge in [-0.15, -0.1) is 0 Å². The Hall–Kier alpha value is -1.42. The topological polar surface area (TPSA) is 40.5 Å². The third kappa shape index (κ3) is 2.70. The molecule has 3 nitrogen and oxygen atoms in total. The summed E-state index contributed by atoms with van der Waals surface area (Å²) in [6, 6.07) is 3.98. The van der Waals surface area contributed by atoms with E-state index < -0.39 is 5.97 Å². The van der Waals surface area contributed by atoms with Crippen LogP contribution in [-0.4, -0.2) is 29.1 Å². The van der Waals surface area contributed by atoms with Gasteiger partial charge in [-0.1, -0.05) is 13.8 Å². The lowest BCUT2D eigenvalue weighted by atomic mass is 10.0. The van der Waals surface area contributed by atoms with Crippen LogP contribution >= 0.6 is 0 Å². The quantitative estimate of drug-likeness (QED) is 0.897. The highest BCUT2D eigenvalue weighted by Crippen LogP contribution is 2.24. The van der Waals surface area contributed by atoms with E-state index in [9.17, 15) is 9.18 Å². The van der Waals surface area contributed by atoms with Gasteiger partial charge in [0.2, 0.25) is 0 Å². The molecule has 1 aliphatic rings. The molecule has 98 valence electrons. The van der Waals surface area contributed by atoms with Crippen molar-refractivity contribution in [1.29, 1.82) is 0 Å². The molecule has 0 spiro atoms. The van der Waals surface area contributed by atoms with Crippen LogP contribution in [0.5, 0.6) is 0 Å². The van der Waals surface area contributed by atoms with Crippen LogP contribution < -0.4 is 0 Å². The summed E-state index contributed by atoms with van der Waals surface area (Å²) < 4.78 is 13.7. The summed E-state index contributed by atoms with van der Waals surface area (Å²) in [4.78, 5) is 13.0. The Labute approximate surface area is 106 Å². The molecular formula is C14H18FNO2. The molecule has 0 saturated carbocycles. The molecule has 1 heterocycles. The molecule has 0 aliphatic carbocycles. The first-order chi connectivity index (χ1) is 8.47. The van der Waals surface area contributed by atoms with Gasteiger partial charge in [-0.2, -0.15) is 0 Å². The lowest BCUT2D eigenvalue weighted by Gasteiger charge is -2.16. The monoisotopic (exact) mass is 251 g/mol. The number of aromatic carboxylic acids is 1. The van der Waals surface area contributed by atoms with E-state index in [4.69, 9.17) is 5.11 Å². The van der Waals surface area contributed by atoms with Gasteiger partial charge in [0.15, 0.2) is 0 Å². The highest BCUT2D eigenvalue weighted by molar-refractivity contribution is 5.87. The van der Waals surface area contributed by atoms with Crippen LogP contribution in [0.1, 0.15) is 29.8 Å². The summed E-state index contributed by atoms with van der Waals surface area (Å²) in [5.74, 6) is -0.127. The van der Waals surface area contributed by atoms with E-state index in [1.807, 2.05) is 0 Å². The minimum atomic E-state index is -1.01. The summed E-state index contributed by atoms with van der Waals surface area (Å²) in [7, 11) is 0. The maximum absolute atomic E-state index is 13.7. The predicted octanol–water partition coefficient (Wildman–Crippen LogP) is 2.61. The lowest BCUT2D eigenvalue weighted by Crippen LogP contribution is -2.21. The van der Waals surface area contributed by atoms with E-state index in [0.29, 0.717) is 23.9 Å². The SMILES string of the molecule is CC1CN(Cc2cc(C(=O)O)ccc2F)CC1C. The Balaban J connectivity index is 2.14. The number of carbonyl (C=O) groups is 1. The predicted molar refractivity (Wildman–Crippen MR) is 67.0 cm³/mol. The third-order valence-corrected chi connectivity index (χ3v) is 3.75. The zero-order valence-corrected chi connectivity index (χ0v) is 10.7. The first-order valence-electron chi connectivity index (χ1n) is 6.21. The first kappa shape index (κ1) is 13.0. The van der Waals surface area contributed by atoms with Gasteiger partial charge in [-0.3, -0.25) is 4.90 Å². The molecule has 1 aromatic rings. The van der Waals surface area contributed by atoms with Gasteiger partial charge < -0.3 is 5.11 Å². The van der Waals surface area contributed by atoms with Crippen LogP contribution in [0, 0.1) is 17.7 Å². The van der Waals surface area contributed by atoms with Gasteiger partial charge in [0.05, 0.1) is 5.56 Å². The molecule has 4 heteroatoms. The van der Waals surface area contributed by atoms with Crippen molar-refractivity contribution >= 4 is 5.97 Å². The molecule has 2 rings (SSSR count). The molecular weight excluding hydrogens is 233 g/mol. The maximum atomic E-state index is 13.7. The molecule has 1 aliphatic heterocycles. The Morgan fingerprint density at radius 1 is 1.39 bits per heavy atom. The Morgan fingerprint density at radius 2 is 2.00 bits per heavy atom. The van der Waals surface area contributed by atoms with Crippen molar-refractivity contribution in [3.8, 4) is 0 Å². The lowest BCUT2D eigenvalue weighted by molar-refractivity contribution is 0.0696. The normalized spacial score (nSPS) is 24.4. The van der Waals surface area contributed by atoms with Gasteiger partial charge in [-0.25, -0.2) is 9.18 Å². The molecule has 18 heavy (non-hydrogen) atoms. The Bertz CT molecular complexity index is 451. The largest absolute Gasteiger partial charge is 0.478 e. The highest BCUT2D eigenvalue weighted by Gasteiger charge is 2.26. The molecule has 1 fully saturated rings. The van der Waals surface area contributed by atoms with Crippen molar-refractivity contribution in [3.63, 3.8) is 0 Å². The minimum Gasteiger partial charge on any atom is -0.478 e. The first-order valence-corrected chi connectivity index (χ1v) is 6.21. The fourth-order valence-corrected chi connectivity index (χ4v) is 2.45. The number of nitrogens with zero attached hydrogens (tertiary/aromatic N) is 1. The summed E-state index contributed by atoms with van der Waals surface area (Å²) >= 11 is 0. The second kappa shape index (κ2) is 5.06. The van der Waals surface area contributed by atoms with Gasteiger partial charge >= 0.3 is 5.97 Å². The fourth-order valence-electron chi connectivity index (χ4n) is 2.45. The second-order valence-electron chi connectivity index (χ2n) is 5.26. The van der Waals surface area contributed by atoms with Crippen molar-refractivity contribution in [2.24, 2.45) is 11.8 Å². The number of halogens is 1. The van der Waals surface area contributed by atoms with Crippen LogP contribution in [0.25, 0.3) is 0 Å². The van der Waals surface area contributed by atoms with E-state index in [1.165, 1.54) is 18.2 Å². The number of carboxylic acid groups (broad SMARTS) is 1. The standard InChI is InChI=1S/C14H18FNO2/c1-9-6-16(7-10(9)2)8-12-5-11(14(17)18)3-4-13(12)15/h3-5,9-10H,6-8H2,1-2H3,(H,17,18). The zero-order chi connectivity index (χ0) is 13.3. The third-order valence-electron chi connectivity index (χ3n) is 3.75. The molecule has 0 bridgehead atoms. The number of hydrogen-bond donors (Lipinski definition) is 1. The van der Waals surface area contributed by atoms with Crippen LogP contribution in [0.15, 0.2) is 18.2 Å². The summed E-state index contributed by atoms with van der Waals surface area (Å²) in [6.07, 6.45) is 0. The summed E-state index contributed by atoms with van der Waals surface area (Å²) in [6.45, 7) is 6.75. The molecule has 1 saturated heterocycles. The van der Waals surface area contributed by atoms with Crippen molar-refractivity contribution in [1.82, 2.24) is 4.90 Å². The molecule has 0 amide bonds. The molecule has 2 atom stereocenters. The fraction of sp³-hybridized carbons (Fsp3) is 0.500. The van der Waals surface area contributed by atoms with E-state index in [2.05, 4.69) is 18.7 Å². The summed E-state index contributed by atoms with van der Waals surface area (Å²) in [5.41, 5.74) is 0.614. The Morgan fingerprint density at radius 3 is 2.56 bits per heavy atom. The average molecular weight is 251 g/mol. The smallest absolute Gasteiger partial charge is 0.335 e. The molecule has 0 radical (unpaired) electrons. The molecule has 1 aromatic carbocycles. The highest BCUT2D eigenvalue weighted by atomic mass is 19.1. The number of hydrogen-bond acceptors (Lipinski definition) is 2. The van der Waals surface area contributed by atoms with Gasteiger partial charge in [-0.05, 0) is 30.0 Å².